The fourth-order valence-electron chi connectivity index (χ4n) is 2.45. The zero-order chi connectivity index (χ0) is 15.0. The van der Waals surface area contributed by atoms with Crippen LogP contribution in [-0.4, -0.2) is 14.8 Å². The number of aromatic nitrogens is 3. The minimum atomic E-state index is -0.311. The molecule has 2 N–H and O–H groups in total. The molecular formula is C16H17BrN4. The lowest BCUT2D eigenvalue weighted by Crippen LogP contribution is -2.20. The standard InChI is InChI=1S/C16H17BrN4/c1-10(2)21-16(12(17)9-19-21)15(18)14-8-7-11-5-3-4-6-13(11)20-14/h3-10,15H,18H2,1-2H3. The fraction of sp³-hybridized carbons (Fsp3) is 0.250. The fourth-order valence-corrected chi connectivity index (χ4v) is 2.97. The maximum atomic E-state index is 6.44. The summed E-state index contributed by atoms with van der Waals surface area (Å²) in [7, 11) is 0. The molecule has 108 valence electrons. The third kappa shape index (κ3) is 2.59. The van der Waals surface area contributed by atoms with Crippen LogP contribution in [0.25, 0.3) is 10.9 Å². The number of hydrogen-bond donors (Lipinski definition) is 1. The first kappa shape index (κ1) is 14.2. The summed E-state index contributed by atoms with van der Waals surface area (Å²) >= 11 is 3.54. The van der Waals surface area contributed by atoms with Crippen LogP contribution in [0.4, 0.5) is 0 Å². The van der Waals surface area contributed by atoms with Crippen molar-refractivity contribution in [2.75, 3.05) is 0 Å². The Balaban J connectivity index is 2.08. The molecule has 0 aliphatic carbocycles. The average molecular weight is 345 g/mol. The first-order valence-electron chi connectivity index (χ1n) is 6.92. The molecule has 0 radical (unpaired) electrons. The van der Waals surface area contributed by atoms with Gasteiger partial charge in [-0.3, -0.25) is 9.67 Å². The van der Waals surface area contributed by atoms with Crippen molar-refractivity contribution in [3.05, 3.63) is 58.5 Å². The second-order valence-corrected chi connectivity index (χ2v) is 6.18. The lowest BCUT2D eigenvalue weighted by atomic mass is 10.1. The first-order valence-corrected chi connectivity index (χ1v) is 7.71. The Hall–Kier alpha value is -1.72. The molecule has 0 spiro atoms. The Morgan fingerprint density at radius 1 is 1.14 bits per heavy atom. The Bertz CT molecular complexity index is 779. The van der Waals surface area contributed by atoms with Gasteiger partial charge < -0.3 is 5.73 Å². The van der Waals surface area contributed by atoms with Gasteiger partial charge in [-0.25, -0.2) is 0 Å². The van der Waals surface area contributed by atoms with Gasteiger partial charge in [0.15, 0.2) is 0 Å². The van der Waals surface area contributed by atoms with Gasteiger partial charge in [-0.2, -0.15) is 5.10 Å². The molecule has 2 heterocycles. The van der Waals surface area contributed by atoms with E-state index in [4.69, 9.17) is 5.73 Å². The largest absolute Gasteiger partial charge is 0.318 e. The summed E-state index contributed by atoms with van der Waals surface area (Å²) in [6, 6.07) is 12.0. The highest BCUT2D eigenvalue weighted by atomic mass is 79.9. The van der Waals surface area contributed by atoms with E-state index < -0.39 is 0 Å². The number of pyridine rings is 1. The number of nitrogens with two attached hydrogens (primary N) is 1. The van der Waals surface area contributed by atoms with Crippen LogP contribution in [-0.2, 0) is 0 Å². The Morgan fingerprint density at radius 2 is 1.90 bits per heavy atom. The minimum absolute atomic E-state index is 0.248. The van der Waals surface area contributed by atoms with E-state index in [-0.39, 0.29) is 12.1 Å². The van der Waals surface area contributed by atoms with Crippen LogP contribution in [0.5, 0.6) is 0 Å². The van der Waals surface area contributed by atoms with Gasteiger partial charge in [0.1, 0.15) is 0 Å². The highest BCUT2D eigenvalue weighted by Crippen LogP contribution is 2.28. The number of fused-ring (bicyclic) bond motifs is 1. The third-order valence-electron chi connectivity index (χ3n) is 3.51. The summed E-state index contributed by atoms with van der Waals surface area (Å²) in [6.45, 7) is 4.17. The minimum Gasteiger partial charge on any atom is -0.318 e. The zero-order valence-corrected chi connectivity index (χ0v) is 13.6. The summed E-state index contributed by atoms with van der Waals surface area (Å²) in [5, 5.41) is 5.50. The third-order valence-corrected chi connectivity index (χ3v) is 4.12. The van der Waals surface area contributed by atoms with Crippen LogP contribution >= 0.6 is 15.9 Å². The maximum absolute atomic E-state index is 6.44. The molecule has 1 unspecified atom stereocenters. The quantitative estimate of drug-likeness (QED) is 0.785. The van der Waals surface area contributed by atoms with Gasteiger partial charge in [-0.15, -0.1) is 0 Å². The molecule has 0 saturated carbocycles. The predicted molar refractivity (Wildman–Crippen MR) is 88.1 cm³/mol. The van der Waals surface area contributed by atoms with E-state index >= 15 is 0 Å². The predicted octanol–water partition coefficient (Wildman–Crippen LogP) is 3.82. The van der Waals surface area contributed by atoms with Crippen molar-refractivity contribution in [2.24, 2.45) is 5.73 Å². The van der Waals surface area contributed by atoms with Crippen LogP contribution in [0.2, 0.25) is 0 Å². The molecular weight excluding hydrogens is 328 g/mol. The molecule has 0 aliphatic heterocycles. The number of rotatable bonds is 3. The zero-order valence-electron chi connectivity index (χ0n) is 12.0. The maximum Gasteiger partial charge on any atom is 0.0908 e. The van der Waals surface area contributed by atoms with E-state index in [1.165, 1.54) is 0 Å². The van der Waals surface area contributed by atoms with E-state index in [9.17, 15) is 0 Å². The number of para-hydroxylation sites is 1. The van der Waals surface area contributed by atoms with E-state index in [1.54, 1.807) is 6.20 Å². The molecule has 0 saturated heterocycles. The summed E-state index contributed by atoms with van der Waals surface area (Å²) in [4.78, 5) is 4.69. The Labute approximate surface area is 132 Å². The SMILES string of the molecule is CC(C)n1ncc(Br)c1C(N)c1ccc2ccccc2n1. The highest BCUT2D eigenvalue weighted by Gasteiger charge is 2.21. The van der Waals surface area contributed by atoms with E-state index in [0.717, 1.165) is 26.8 Å². The molecule has 1 aromatic carbocycles. The highest BCUT2D eigenvalue weighted by molar-refractivity contribution is 9.10. The van der Waals surface area contributed by atoms with Crippen LogP contribution in [0.15, 0.2) is 47.1 Å². The van der Waals surface area contributed by atoms with Gasteiger partial charge in [-0.1, -0.05) is 24.3 Å². The average Bonchev–Trinajstić information content (AvgIpc) is 2.88. The van der Waals surface area contributed by atoms with Crippen molar-refractivity contribution in [1.82, 2.24) is 14.8 Å². The van der Waals surface area contributed by atoms with Gasteiger partial charge in [0.05, 0.1) is 33.6 Å². The van der Waals surface area contributed by atoms with Crippen molar-refractivity contribution in [1.29, 1.82) is 0 Å². The summed E-state index contributed by atoms with van der Waals surface area (Å²) < 4.78 is 2.85. The van der Waals surface area contributed by atoms with Crippen LogP contribution < -0.4 is 5.73 Å². The number of hydrogen-bond acceptors (Lipinski definition) is 3. The molecule has 3 aromatic rings. The molecule has 0 amide bonds. The molecule has 0 bridgehead atoms. The lowest BCUT2D eigenvalue weighted by molar-refractivity contribution is 0.497. The second kappa shape index (κ2) is 5.58. The van der Waals surface area contributed by atoms with Gasteiger partial charge >= 0.3 is 0 Å². The lowest BCUT2D eigenvalue weighted by Gasteiger charge is -2.17. The molecule has 4 nitrogen and oxygen atoms in total. The molecule has 2 aromatic heterocycles. The van der Waals surface area contributed by atoms with Crippen molar-refractivity contribution in [3.63, 3.8) is 0 Å². The first-order chi connectivity index (χ1) is 10.1. The van der Waals surface area contributed by atoms with Gasteiger partial charge in [-0.05, 0) is 41.9 Å². The molecule has 5 heteroatoms. The summed E-state index contributed by atoms with van der Waals surface area (Å²) in [5.41, 5.74) is 9.19. The number of nitrogens with zero attached hydrogens (tertiary/aromatic N) is 3. The summed E-state index contributed by atoms with van der Waals surface area (Å²) in [6.07, 6.45) is 1.79. The van der Waals surface area contributed by atoms with E-state index in [2.05, 4.69) is 45.9 Å². The van der Waals surface area contributed by atoms with E-state index in [1.807, 2.05) is 35.0 Å². The van der Waals surface area contributed by atoms with Crippen LogP contribution in [0.3, 0.4) is 0 Å². The molecule has 0 aliphatic rings. The van der Waals surface area contributed by atoms with Crippen molar-refractivity contribution in [2.45, 2.75) is 25.9 Å². The smallest absolute Gasteiger partial charge is 0.0908 e. The monoisotopic (exact) mass is 344 g/mol. The number of benzene rings is 1. The molecule has 21 heavy (non-hydrogen) atoms. The van der Waals surface area contributed by atoms with Crippen LogP contribution in [0.1, 0.15) is 37.3 Å². The Kier molecular flexibility index (Phi) is 3.78. The van der Waals surface area contributed by atoms with Crippen molar-refractivity contribution < 1.29 is 0 Å². The van der Waals surface area contributed by atoms with Gasteiger partial charge in [0.2, 0.25) is 0 Å². The number of halogens is 1. The molecule has 0 fully saturated rings. The van der Waals surface area contributed by atoms with Gasteiger partial charge in [0, 0.05) is 11.4 Å². The van der Waals surface area contributed by atoms with Crippen molar-refractivity contribution in [3.8, 4) is 0 Å². The topological polar surface area (TPSA) is 56.7 Å². The summed E-state index contributed by atoms with van der Waals surface area (Å²) in [5.74, 6) is 0. The van der Waals surface area contributed by atoms with Gasteiger partial charge in [0.25, 0.3) is 0 Å². The molecule has 3 rings (SSSR count). The van der Waals surface area contributed by atoms with Crippen molar-refractivity contribution >= 4 is 26.8 Å². The molecule has 1 atom stereocenters. The normalized spacial score (nSPS) is 13.0. The van der Waals surface area contributed by atoms with Crippen LogP contribution in [0, 0.1) is 0 Å². The second-order valence-electron chi connectivity index (χ2n) is 5.32. The van der Waals surface area contributed by atoms with E-state index in [0.29, 0.717) is 0 Å². The Morgan fingerprint density at radius 3 is 2.67 bits per heavy atom.